The predicted molar refractivity (Wildman–Crippen MR) is 86.4 cm³/mol. The lowest BCUT2D eigenvalue weighted by atomic mass is 10.2. The predicted octanol–water partition coefficient (Wildman–Crippen LogP) is 3.16. The van der Waals surface area contributed by atoms with E-state index in [1.54, 1.807) is 30.7 Å². The van der Waals surface area contributed by atoms with E-state index in [-0.39, 0.29) is 18.6 Å². The van der Waals surface area contributed by atoms with E-state index in [1.165, 1.54) is 0 Å². The minimum Gasteiger partial charge on any atom is -0.482 e. The fourth-order valence-corrected chi connectivity index (χ4v) is 2.39. The number of aromatic nitrogens is 2. The van der Waals surface area contributed by atoms with Crippen molar-refractivity contribution in [2.75, 3.05) is 6.61 Å². The largest absolute Gasteiger partial charge is 0.482 e. The van der Waals surface area contributed by atoms with Crippen molar-refractivity contribution in [3.63, 3.8) is 0 Å². The van der Waals surface area contributed by atoms with Gasteiger partial charge in [0, 0.05) is 30.0 Å². The van der Waals surface area contributed by atoms with Crippen molar-refractivity contribution in [3.8, 4) is 5.75 Å². The molecule has 22 heavy (non-hydrogen) atoms. The standard InChI is InChI=1S/C15H17Cl2N3O2/c1-2-12(8-20-6-5-18-10-20)19-15(21)9-22-14-4-3-11(16)7-13(14)17/h3-7,10,12H,2,8-9H2,1H3,(H,19,21)/t12-/m0/s1. The normalized spacial score (nSPS) is 12.0. The Morgan fingerprint density at radius 3 is 2.91 bits per heavy atom. The topological polar surface area (TPSA) is 56.2 Å². The molecule has 1 heterocycles. The van der Waals surface area contributed by atoms with Crippen LogP contribution in [0.4, 0.5) is 0 Å². The van der Waals surface area contributed by atoms with Crippen LogP contribution >= 0.6 is 23.2 Å². The number of amides is 1. The van der Waals surface area contributed by atoms with E-state index >= 15 is 0 Å². The first kappa shape index (κ1) is 16.6. The van der Waals surface area contributed by atoms with E-state index in [2.05, 4.69) is 10.3 Å². The Bertz CT molecular complexity index is 617. The average molecular weight is 342 g/mol. The van der Waals surface area contributed by atoms with Crippen LogP contribution in [-0.2, 0) is 11.3 Å². The van der Waals surface area contributed by atoms with Crippen LogP contribution in [0.1, 0.15) is 13.3 Å². The van der Waals surface area contributed by atoms with Crippen LogP contribution in [-0.4, -0.2) is 28.1 Å². The quantitative estimate of drug-likeness (QED) is 0.841. The number of carbonyl (C=O) groups excluding carboxylic acids is 1. The van der Waals surface area contributed by atoms with Crippen molar-refractivity contribution in [2.45, 2.75) is 25.9 Å². The van der Waals surface area contributed by atoms with E-state index < -0.39 is 0 Å². The summed E-state index contributed by atoms with van der Waals surface area (Å²) in [5.41, 5.74) is 0. The maximum absolute atomic E-state index is 12.0. The lowest BCUT2D eigenvalue weighted by Gasteiger charge is -2.17. The number of carbonyl (C=O) groups is 1. The molecule has 1 aromatic carbocycles. The first-order chi connectivity index (χ1) is 10.6. The zero-order valence-corrected chi connectivity index (χ0v) is 13.6. The van der Waals surface area contributed by atoms with Gasteiger partial charge in [-0.25, -0.2) is 4.98 Å². The summed E-state index contributed by atoms with van der Waals surface area (Å²) in [6, 6.07) is 4.89. The van der Waals surface area contributed by atoms with Gasteiger partial charge in [0.25, 0.3) is 5.91 Å². The molecule has 0 bridgehead atoms. The van der Waals surface area contributed by atoms with Gasteiger partial charge in [-0.15, -0.1) is 0 Å². The molecule has 118 valence electrons. The number of benzene rings is 1. The molecular weight excluding hydrogens is 325 g/mol. The van der Waals surface area contributed by atoms with Crippen molar-refractivity contribution < 1.29 is 9.53 Å². The SMILES string of the molecule is CC[C@@H](Cn1ccnc1)NC(=O)COc1ccc(Cl)cc1Cl. The third-order valence-electron chi connectivity index (χ3n) is 3.10. The summed E-state index contributed by atoms with van der Waals surface area (Å²) in [6.45, 7) is 2.59. The molecule has 2 rings (SSSR count). The molecule has 0 saturated heterocycles. The van der Waals surface area contributed by atoms with E-state index in [0.29, 0.717) is 22.3 Å². The van der Waals surface area contributed by atoms with Gasteiger partial charge in [0.05, 0.1) is 11.3 Å². The van der Waals surface area contributed by atoms with Gasteiger partial charge in [0.1, 0.15) is 5.75 Å². The third-order valence-corrected chi connectivity index (χ3v) is 3.63. The first-order valence-electron chi connectivity index (χ1n) is 6.91. The Morgan fingerprint density at radius 2 is 2.27 bits per heavy atom. The van der Waals surface area contributed by atoms with Crippen LogP contribution in [0, 0.1) is 0 Å². The van der Waals surface area contributed by atoms with Crippen molar-refractivity contribution in [2.24, 2.45) is 0 Å². The van der Waals surface area contributed by atoms with Crippen molar-refractivity contribution in [3.05, 3.63) is 47.0 Å². The average Bonchev–Trinajstić information content (AvgIpc) is 2.98. The lowest BCUT2D eigenvalue weighted by Crippen LogP contribution is -2.40. The minimum absolute atomic E-state index is 0.0194. The van der Waals surface area contributed by atoms with Crippen LogP contribution in [0.3, 0.4) is 0 Å². The Morgan fingerprint density at radius 1 is 1.45 bits per heavy atom. The number of imidazole rings is 1. The summed E-state index contributed by atoms with van der Waals surface area (Å²) in [4.78, 5) is 15.9. The second-order valence-corrected chi connectivity index (χ2v) is 5.64. The van der Waals surface area contributed by atoms with E-state index in [0.717, 1.165) is 6.42 Å². The van der Waals surface area contributed by atoms with Gasteiger partial charge in [-0.05, 0) is 24.6 Å². The molecule has 0 saturated carbocycles. The Kier molecular flexibility index (Phi) is 6.10. The monoisotopic (exact) mass is 341 g/mol. The first-order valence-corrected chi connectivity index (χ1v) is 7.67. The van der Waals surface area contributed by atoms with Gasteiger partial charge < -0.3 is 14.6 Å². The Balaban J connectivity index is 1.83. The van der Waals surface area contributed by atoms with E-state index in [1.807, 2.05) is 17.7 Å². The molecule has 0 aliphatic heterocycles. The zero-order valence-electron chi connectivity index (χ0n) is 12.1. The van der Waals surface area contributed by atoms with Crippen LogP contribution in [0.5, 0.6) is 5.75 Å². The molecule has 2 aromatic rings. The number of nitrogens with zero attached hydrogens (tertiary/aromatic N) is 2. The molecule has 0 unspecified atom stereocenters. The molecule has 7 heteroatoms. The molecule has 1 aromatic heterocycles. The van der Waals surface area contributed by atoms with Crippen LogP contribution < -0.4 is 10.1 Å². The summed E-state index contributed by atoms with van der Waals surface area (Å²) in [5, 5.41) is 3.83. The highest BCUT2D eigenvalue weighted by molar-refractivity contribution is 6.35. The van der Waals surface area contributed by atoms with Crippen LogP contribution in [0.2, 0.25) is 10.0 Å². The van der Waals surface area contributed by atoms with Gasteiger partial charge in [-0.3, -0.25) is 4.79 Å². The molecule has 1 atom stereocenters. The Hall–Kier alpha value is -1.72. The van der Waals surface area contributed by atoms with Gasteiger partial charge in [-0.1, -0.05) is 30.1 Å². The van der Waals surface area contributed by atoms with Gasteiger partial charge in [0.2, 0.25) is 0 Å². The van der Waals surface area contributed by atoms with E-state index in [4.69, 9.17) is 27.9 Å². The highest BCUT2D eigenvalue weighted by Gasteiger charge is 2.12. The summed E-state index contributed by atoms with van der Waals surface area (Å²) in [6.07, 6.45) is 6.10. The molecule has 0 aliphatic carbocycles. The molecule has 0 fully saturated rings. The van der Waals surface area contributed by atoms with Gasteiger partial charge in [-0.2, -0.15) is 0 Å². The van der Waals surface area contributed by atoms with Crippen molar-refractivity contribution >= 4 is 29.1 Å². The van der Waals surface area contributed by atoms with Crippen LogP contribution in [0.25, 0.3) is 0 Å². The summed E-state index contributed by atoms with van der Waals surface area (Å²) < 4.78 is 7.33. The summed E-state index contributed by atoms with van der Waals surface area (Å²) in [7, 11) is 0. The molecule has 1 N–H and O–H groups in total. The Labute approximate surface area is 139 Å². The molecule has 1 amide bonds. The number of ether oxygens (including phenoxy) is 1. The number of halogens is 2. The highest BCUT2D eigenvalue weighted by atomic mass is 35.5. The van der Waals surface area contributed by atoms with E-state index in [9.17, 15) is 4.79 Å². The maximum atomic E-state index is 12.0. The zero-order chi connectivity index (χ0) is 15.9. The summed E-state index contributed by atoms with van der Waals surface area (Å²) >= 11 is 11.8. The number of nitrogens with one attached hydrogen (secondary N) is 1. The van der Waals surface area contributed by atoms with Gasteiger partial charge in [0.15, 0.2) is 6.61 Å². The maximum Gasteiger partial charge on any atom is 0.258 e. The molecule has 0 aliphatic rings. The number of hydrogen-bond donors (Lipinski definition) is 1. The minimum atomic E-state index is -0.196. The van der Waals surface area contributed by atoms with Gasteiger partial charge >= 0.3 is 0 Å². The van der Waals surface area contributed by atoms with Crippen LogP contribution in [0.15, 0.2) is 36.9 Å². The fraction of sp³-hybridized carbons (Fsp3) is 0.333. The molecule has 0 radical (unpaired) electrons. The summed E-state index contributed by atoms with van der Waals surface area (Å²) in [5.74, 6) is 0.238. The highest BCUT2D eigenvalue weighted by Crippen LogP contribution is 2.27. The molecule has 5 nitrogen and oxygen atoms in total. The lowest BCUT2D eigenvalue weighted by molar-refractivity contribution is -0.123. The smallest absolute Gasteiger partial charge is 0.258 e. The van der Waals surface area contributed by atoms with Crippen molar-refractivity contribution in [1.82, 2.24) is 14.9 Å². The number of rotatable bonds is 7. The molecular formula is C15H17Cl2N3O2. The molecule has 0 spiro atoms. The second-order valence-electron chi connectivity index (χ2n) is 4.80. The third kappa shape index (κ3) is 4.93. The second kappa shape index (κ2) is 8.06. The number of hydrogen-bond acceptors (Lipinski definition) is 3. The fourth-order valence-electron chi connectivity index (χ4n) is 1.93. The van der Waals surface area contributed by atoms with Crippen molar-refractivity contribution in [1.29, 1.82) is 0 Å².